The zero-order chi connectivity index (χ0) is 14.5. The van der Waals surface area contributed by atoms with Gasteiger partial charge in [0.25, 0.3) is 0 Å². The first-order chi connectivity index (χ1) is 9.60. The van der Waals surface area contributed by atoms with Gasteiger partial charge in [0.1, 0.15) is 11.9 Å². The van der Waals surface area contributed by atoms with Crippen molar-refractivity contribution in [3.63, 3.8) is 0 Å². The van der Waals surface area contributed by atoms with E-state index in [2.05, 4.69) is 26.0 Å². The number of hydrogen-bond donors (Lipinski definition) is 1. The number of aliphatic hydroxyl groups is 1. The Morgan fingerprint density at radius 3 is 2.30 bits per heavy atom. The van der Waals surface area contributed by atoms with Crippen molar-refractivity contribution in [2.24, 2.45) is 5.92 Å². The van der Waals surface area contributed by atoms with Crippen LogP contribution in [0.25, 0.3) is 0 Å². The van der Waals surface area contributed by atoms with E-state index >= 15 is 0 Å². The van der Waals surface area contributed by atoms with E-state index in [0.717, 1.165) is 23.3 Å². The number of methoxy groups -OCH3 is 1. The maximum absolute atomic E-state index is 10.4. The molecular weight excluding hydrogens is 248 g/mol. The third kappa shape index (κ3) is 3.61. The van der Waals surface area contributed by atoms with Crippen LogP contribution in [0.3, 0.4) is 0 Å². The molecule has 0 spiro atoms. The minimum Gasteiger partial charge on any atom is -0.497 e. The average Bonchev–Trinajstić information content (AvgIpc) is 2.47. The van der Waals surface area contributed by atoms with Crippen LogP contribution in [0.1, 0.15) is 36.6 Å². The molecule has 0 amide bonds. The molecule has 20 heavy (non-hydrogen) atoms. The molecule has 1 unspecified atom stereocenters. The highest BCUT2D eigenvalue weighted by Gasteiger charge is 2.11. The first kappa shape index (κ1) is 14.6. The fourth-order valence-electron chi connectivity index (χ4n) is 2.31. The zero-order valence-electron chi connectivity index (χ0n) is 12.3. The van der Waals surface area contributed by atoms with E-state index in [9.17, 15) is 5.11 Å². The van der Waals surface area contributed by atoms with Gasteiger partial charge < -0.3 is 9.84 Å². The fourth-order valence-corrected chi connectivity index (χ4v) is 2.31. The van der Waals surface area contributed by atoms with Gasteiger partial charge in [0.2, 0.25) is 0 Å². The highest BCUT2D eigenvalue weighted by atomic mass is 16.5. The first-order valence-electron chi connectivity index (χ1n) is 7.01. The van der Waals surface area contributed by atoms with Gasteiger partial charge in [0, 0.05) is 0 Å². The standard InChI is InChI=1S/C18H22O2/c1-13(2)11-14-7-9-15(10-8-14)18(19)16-5-4-6-17(12-16)20-3/h4-10,12-13,18-19H,11H2,1-3H3. The third-order valence-electron chi connectivity index (χ3n) is 3.35. The summed E-state index contributed by atoms with van der Waals surface area (Å²) in [6.07, 6.45) is 0.452. The summed E-state index contributed by atoms with van der Waals surface area (Å²) in [4.78, 5) is 0. The molecule has 2 aromatic rings. The second-order valence-corrected chi connectivity index (χ2v) is 5.52. The zero-order valence-corrected chi connectivity index (χ0v) is 12.3. The molecule has 2 aromatic carbocycles. The molecule has 1 N–H and O–H groups in total. The van der Waals surface area contributed by atoms with Gasteiger partial charge in [-0.05, 0) is 41.2 Å². The van der Waals surface area contributed by atoms with E-state index in [-0.39, 0.29) is 0 Å². The van der Waals surface area contributed by atoms with Crippen molar-refractivity contribution in [2.45, 2.75) is 26.4 Å². The lowest BCUT2D eigenvalue weighted by Gasteiger charge is -2.13. The van der Waals surface area contributed by atoms with Crippen LogP contribution in [0.15, 0.2) is 48.5 Å². The Hall–Kier alpha value is -1.80. The van der Waals surface area contributed by atoms with Crippen molar-refractivity contribution in [3.8, 4) is 5.75 Å². The summed E-state index contributed by atoms with van der Waals surface area (Å²) in [5, 5.41) is 10.4. The summed E-state index contributed by atoms with van der Waals surface area (Å²) in [5.74, 6) is 1.40. The van der Waals surface area contributed by atoms with Crippen molar-refractivity contribution in [2.75, 3.05) is 7.11 Å². The summed E-state index contributed by atoms with van der Waals surface area (Å²) in [5.41, 5.74) is 3.06. The second-order valence-electron chi connectivity index (χ2n) is 5.52. The fraction of sp³-hybridized carbons (Fsp3) is 0.333. The number of aliphatic hydroxyl groups excluding tert-OH is 1. The molecule has 0 bridgehead atoms. The van der Waals surface area contributed by atoms with Crippen LogP contribution >= 0.6 is 0 Å². The molecule has 0 aliphatic heterocycles. The molecule has 1 atom stereocenters. The molecule has 0 fully saturated rings. The van der Waals surface area contributed by atoms with Gasteiger partial charge >= 0.3 is 0 Å². The topological polar surface area (TPSA) is 29.5 Å². The summed E-state index contributed by atoms with van der Waals surface area (Å²) in [6, 6.07) is 15.7. The van der Waals surface area contributed by atoms with Crippen molar-refractivity contribution in [1.82, 2.24) is 0 Å². The quantitative estimate of drug-likeness (QED) is 0.890. The molecule has 0 aliphatic carbocycles. The molecule has 2 rings (SSSR count). The number of rotatable bonds is 5. The smallest absolute Gasteiger partial charge is 0.119 e. The van der Waals surface area contributed by atoms with E-state index in [4.69, 9.17) is 4.74 Å². The summed E-state index contributed by atoms with van der Waals surface area (Å²) >= 11 is 0. The predicted molar refractivity (Wildman–Crippen MR) is 82.0 cm³/mol. The average molecular weight is 270 g/mol. The summed E-state index contributed by atoms with van der Waals surface area (Å²) in [7, 11) is 1.63. The van der Waals surface area contributed by atoms with Gasteiger partial charge in [-0.3, -0.25) is 0 Å². The Morgan fingerprint density at radius 2 is 1.70 bits per heavy atom. The second kappa shape index (κ2) is 6.58. The van der Waals surface area contributed by atoms with E-state index in [1.54, 1.807) is 7.11 Å². The van der Waals surface area contributed by atoms with E-state index < -0.39 is 6.10 Å². The minimum atomic E-state index is -0.613. The molecule has 2 heteroatoms. The lowest BCUT2D eigenvalue weighted by molar-refractivity contribution is 0.219. The Bertz CT molecular complexity index is 544. The normalized spacial score (nSPS) is 12.4. The maximum atomic E-state index is 10.4. The number of benzene rings is 2. The van der Waals surface area contributed by atoms with Gasteiger partial charge in [-0.2, -0.15) is 0 Å². The van der Waals surface area contributed by atoms with Gasteiger partial charge in [0.15, 0.2) is 0 Å². The van der Waals surface area contributed by atoms with Gasteiger partial charge in [-0.15, -0.1) is 0 Å². The molecule has 0 aliphatic rings. The number of ether oxygens (including phenoxy) is 1. The molecule has 0 aromatic heterocycles. The van der Waals surface area contributed by atoms with Crippen LogP contribution in [0.5, 0.6) is 5.75 Å². The molecule has 0 heterocycles. The minimum absolute atomic E-state index is 0.613. The van der Waals surface area contributed by atoms with E-state index in [0.29, 0.717) is 5.92 Å². The van der Waals surface area contributed by atoms with Crippen LogP contribution in [0, 0.1) is 5.92 Å². The van der Waals surface area contributed by atoms with Crippen LogP contribution in [-0.4, -0.2) is 12.2 Å². The monoisotopic (exact) mass is 270 g/mol. The first-order valence-corrected chi connectivity index (χ1v) is 7.01. The highest BCUT2D eigenvalue weighted by Crippen LogP contribution is 2.25. The highest BCUT2D eigenvalue weighted by molar-refractivity contribution is 5.36. The van der Waals surface area contributed by atoms with Gasteiger partial charge in [0.05, 0.1) is 7.11 Å². The van der Waals surface area contributed by atoms with Crippen LogP contribution < -0.4 is 4.74 Å². The van der Waals surface area contributed by atoms with Crippen LogP contribution in [0.4, 0.5) is 0 Å². The Balaban J connectivity index is 2.17. The van der Waals surface area contributed by atoms with Gasteiger partial charge in [-0.25, -0.2) is 0 Å². The summed E-state index contributed by atoms with van der Waals surface area (Å²) < 4.78 is 5.19. The van der Waals surface area contributed by atoms with Gasteiger partial charge in [-0.1, -0.05) is 50.2 Å². The Kier molecular flexibility index (Phi) is 4.80. The van der Waals surface area contributed by atoms with Crippen LogP contribution in [-0.2, 0) is 6.42 Å². The van der Waals surface area contributed by atoms with E-state index in [1.807, 2.05) is 36.4 Å². The van der Waals surface area contributed by atoms with Crippen molar-refractivity contribution in [1.29, 1.82) is 0 Å². The van der Waals surface area contributed by atoms with E-state index in [1.165, 1.54) is 5.56 Å². The molecular formula is C18H22O2. The SMILES string of the molecule is COc1cccc(C(O)c2ccc(CC(C)C)cc2)c1. The number of hydrogen-bond acceptors (Lipinski definition) is 2. The largest absolute Gasteiger partial charge is 0.497 e. The Labute approximate surface area is 121 Å². The molecule has 0 saturated heterocycles. The summed E-state index contributed by atoms with van der Waals surface area (Å²) in [6.45, 7) is 4.41. The Morgan fingerprint density at radius 1 is 1.00 bits per heavy atom. The van der Waals surface area contributed by atoms with Crippen molar-refractivity contribution >= 4 is 0 Å². The third-order valence-corrected chi connectivity index (χ3v) is 3.35. The molecule has 0 radical (unpaired) electrons. The van der Waals surface area contributed by atoms with Crippen molar-refractivity contribution < 1.29 is 9.84 Å². The molecule has 2 nitrogen and oxygen atoms in total. The molecule has 0 saturated carbocycles. The lowest BCUT2D eigenvalue weighted by Crippen LogP contribution is -2.01. The maximum Gasteiger partial charge on any atom is 0.119 e. The predicted octanol–water partition coefficient (Wildman–Crippen LogP) is 3.98. The van der Waals surface area contributed by atoms with Crippen molar-refractivity contribution in [3.05, 3.63) is 65.2 Å². The van der Waals surface area contributed by atoms with Crippen LogP contribution in [0.2, 0.25) is 0 Å². The lowest BCUT2D eigenvalue weighted by atomic mass is 9.97. The molecule has 106 valence electrons.